The predicted molar refractivity (Wildman–Crippen MR) is 113 cm³/mol. The number of likely N-dealkylation sites (tertiary alicyclic amines) is 1. The van der Waals surface area contributed by atoms with Crippen LogP contribution in [0.3, 0.4) is 0 Å². The molecule has 0 radical (unpaired) electrons. The highest BCUT2D eigenvalue weighted by molar-refractivity contribution is 6.31. The molecule has 1 fully saturated rings. The standard InChI is InChI=1S/C22H23ClN4O2/c23-19-14-16(7-9-22(28)25-29)6-8-18(19)21-5-3-11-26(21)13-10-17-15-24-27-12-2-1-4-20(17)27/h1-2,4,6-9,12,14-15,21,29H,3,5,10-11,13H2,(H,25,28)/t21-/m0/s1. The first-order valence-corrected chi connectivity index (χ1v) is 10.1. The molecule has 1 amide bonds. The van der Waals surface area contributed by atoms with E-state index in [1.165, 1.54) is 11.6 Å². The van der Waals surface area contributed by atoms with E-state index in [9.17, 15) is 4.79 Å². The van der Waals surface area contributed by atoms with Gasteiger partial charge in [0.2, 0.25) is 0 Å². The van der Waals surface area contributed by atoms with Crippen molar-refractivity contribution in [2.45, 2.75) is 25.3 Å². The van der Waals surface area contributed by atoms with Gasteiger partial charge >= 0.3 is 0 Å². The van der Waals surface area contributed by atoms with Crippen molar-refractivity contribution in [2.75, 3.05) is 13.1 Å². The van der Waals surface area contributed by atoms with Crippen molar-refractivity contribution in [3.8, 4) is 0 Å². The molecule has 4 rings (SSSR count). The fourth-order valence-corrected chi connectivity index (χ4v) is 4.33. The second kappa shape index (κ2) is 8.78. The van der Waals surface area contributed by atoms with Gasteiger partial charge in [-0.3, -0.25) is 14.9 Å². The monoisotopic (exact) mass is 410 g/mol. The lowest BCUT2D eigenvalue weighted by molar-refractivity contribution is -0.124. The van der Waals surface area contributed by atoms with Gasteiger partial charge in [0.15, 0.2) is 0 Å². The van der Waals surface area contributed by atoms with E-state index in [2.05, 4.69) is 16.1 Å². The molecular formula is C22H23ClN4O2. The molecule has 6 nitrogen and oxygen atoms in total. The number of carbonyl (C=O) groups excluding carboxylic acids is 1. The van der Waals surface area contributed by atoms with Crippen LogP contribution in [0, 0.1) is 0 Å². The van der Waals surface area contributed by atoms with Crippen LogP contribution in [-0.2, 0) is 11.2 Å². The summed E-state index contributed by atoms with van der Waals surface area (Å²) >= 11 is 6.58. The molecule has 7 heteroatoms. The van der Waals surface area contributed by atoms with E-state index in [4.69, 9.17) is 16.8 Å². The summed E-state index contributed by atoms with van der Waals surface area (Å²) in [6, 6.07) is 12.3. The van der Waals surface area contributed by atoms with E-state index in [1.54, 1.807) is 11.6 Å². The minimum Gasteiger partial charge on any atom is -0.296 e. The number of aromatic nitrogens is 2. The molecule has 1 saturated heterocycles. The van der Waals surface area contributed by atoms with Gasteiger partial charge in [-0.05, 0) is 66.8 Å². The number of hydrogen-bond donors (Lipinski definition) is 2. The van der Waals surface area contributed by atoms with Crippen molar-refractivity contribution in [2.24, 2.45) is 0 Å². The van der Waals surface area contributed by atoms with Crippen molar-refractivity contribution < 1.29 is 10.0 Å². The lowest BCUT2D eigenvalue weighted by Crippen LogP contribution is -2.26. The molecule has 150 valence electrons. The first-order chi connectivity index (χ1) is 14.2. The van der Waals surface area contributed by atoms with E-state index in [0.29, 0.717) is 11.1 Å². The minimum atomic E-state index is -0.570. The molecule has 1 aliphatic rings. The van der Waals surface area contributed by atoms with Crippen LogP contribution in [0.25, 0.3) is 11.6 Å². The molecule has 2 N–H and O–H groups in total. The highest BCUT2D eigenvalue weighted by atomic mass is 35.5. The van der Waals surface area contributed by atoms with Crippen LogP contribution >= 0.6 is 11.6 Å². The number of benzene rings is 1. The predicted octanol–water partition coefficient (Wildman–Crippen LogP) is 3.89. The number of rotatable bonds is 6. The van der Waals surface area contributed by atoms with E-state index >= 15 is 0 Å². The molecule has 1 aromatic carbocycles. The Morgan fingerprint density at radius 2 is 2.24 bits per heavy atom. The van der Waals surface area contributed by atoms with Gasteiger partial charge in [0, 0.05) is 29.9 Å². The Balaban J connectivity index is 1.46. The Labute approximate surface area is 174 Å². The van der Waals surface area contributed by atoms with Gasteiger partial charge in [0.05, 0.1) is 11.7 Å². The molecule has 0 unspecified atom stereocenters. The molecule has 0 spiro atoms. The Morgan fingerprint density at radius 1 is 1.34 bits per heavy atom. The Kier molecular flexibility index (Phi) is 5.94. The zero-order valence-corrected chi connectivity index (χ0v) is 16.7. The number of fused-ring (bicyclic) bond motifs is 1. The van der Waals surface area contributed by atoms with E-state index in [1.807, 2.05) is 47.2 Å². The number of hydrogen-bond acceptors (Lipinski definition) is 4. The normalized spacial score (nSPS) is 17.4. The summed E-state index contributed by atoms with van der Waals surface area (Å²) in [7, 11) is 0. The third kappa shape index (κ3) is 4.34. The lowest BCUT2D eigenvalue weighted by atomic mass is 10.0. The van der Waals surface area contributed by atoms with Crippen molar-refractivity contribution in [3.63, 3.8) is 0 Å². The van der Waals surface area contributed by atoms with Crippen LogP contribution in [0.15, 0.2) is 54.9 Å². The molecule has 1 aliphatic heterocycles. The zero-order valence-electron chi connectivity index (χ0n) is 16.0. The van der Waals surface area contributed by atoms with Gasteiger partial charge in [0.1, 0.15) is 0 Å². The molecule has 0 aliphatic carbocycles. The number of amides is 1. The smallest absolute Gasteiger partial charge is 0.267 e. The fraction of sp³-hybridized carbons (Fsp3) is 0.273. The zero-order chi connectivity index (χ0) is 20.2. The molecule has 29 heavy (non-hydrogen) atoms. The van der Waals surface area contributed by atoms with E-state index < -0.39 is 5.91 Å². The first kappa shape index (κ1) is 19.6. The van der Waals surface area contributed by atoms with Gasteiger partial charge < -0.3 is 0 Å². The summed E-state index contributed by atoms with van der Waals surface area (Å²) in [5.74, 6) is -0.570. The number of halogens is 1. The van der Waals surface area contributed by atoms with Gasteiger partial charge in [-0.2, -0.15) is 5.10 Å². The molecule has 3 aromatic rings. The van der Waals surface area contributed by atoms with Crippen LogP contribution in [0.2, 0.25) is 5.02 Å². The average Bonchev–Trinajstić information content (AvgIpc) is 3.37. The SMILES string of the molecule is O=C(C=Cc1ccc([C@@H]2CCCN2CCc2cnn3ccccc23)c(Cl)c1)NO. The molecule has 1 atom stereocenters. The van der Waals surface area contributed by atoms with Crippen LogP contribution in [0.4, 0.5) is 0 Å². The van der Waals surface area contributed by atoms with Crippen LogP contribution in [0.5, 0.6) is 0 Å². The molecule has 0 saturated carbocycles. The summed E-state index contributed by atoms with van der Waals surface area (Å²) in [6.07, 6.45) is 9.99. The number of nitrogens with one attached hydrogen (secondary N) is 1. The van der Waals surface area contributed by atoms with Crippen molar-refractivity contribution in [3.05, 3.63) is 76.6 Å². The quantitative estimate of drug-likeness (QED) is 0.367. The van der Waals surface area contributed by atoms with Gasteiger partial charge in [-0.25, -0.2) is 10.00 Å². The number of nitrogens with zero attached hydrogens (tertiary/aromatic N) is 3. The summed E-state index contributed by atoms with van der Waals surface area (Å²) in [6.45, 7) is 2.01. The van der Waals surface area contributed by atoms with E-state index in [0.717, 1.165) is 49.0 Å². The molecule has 3 heterocycles. The van der Waals surface area contributed by atoms with Gasteiger partial charge in [0.25, 0.3) is 5.91 Å². The Morgan fingerprint density at radius 3 is 3.07 bits per heavy atom. The topological polar surface area (TPSA) is 69.9 Å². The lowest BCUT2D eigenvalue weighted by Gasteiger charge is -2.25. The number of hydroxylamine groups is 1. The van der Waals surface area contributed by atoms with Gasteiger partial charge in [-0.1, -0.05) is 29.8 Å². The Hall–Kier alpha value is -2.67. The largest absolute Gasteiger partial charge is 0.296 e. The summed E-state index contributed by atoms with van der Waals surface area (Å²) in [5.41, 5.74) is 5.92. The van der Waals surface area contributed by atoms with Gasteiger partial charge in [-0.15, -0.1) is 0 Å². The first-order valence-electron chi connectivity index (χ1n) is 9.72. The summed E-state index contributed by atoms with van der Waals surface area (Å²) < 4.78 is 1.91. The summed E-state index contributed by atoms with van der Waals surface area (Å²) in [5, 5.41) is 13.7. The van der Waals surface area contributed by atoms with Crippen molar-refractivity contribution in [1.29, 1.82) is 0 Å². The molecule has 0 bridgehead atoms. The molecular weight excluding hydrogens is 388 g/mol. The Bertz CT molecular complexity index is 1050. The van der Waals surface area contributed by atoms with Crippen molar-refractivity contribution >= 4 is 29.1 Å². The van der Waals surface area contributed by atoms with Crippen LogP contribution in [0.1, 0.15) is 35.6 Å². The minimum absolute atomic E-state index is 0.295. The maximum absolute atomic E-state index is 11.1. The van der Waals surface area contributed by atoms with Crippen LogP contribution in [-0.4, -0.2) is 38.7 Å². The molecule has 2 aromatic heterocycles. The highest BCUT2D eigenvalue weighted by Crippen LogP contribution is 2.36. The number of pyridine rings is 1. The third-order valence-electron chi connectivity index (χ3n) is 5.46. The highest BCUT2D eigenvalue weighted by Gasteiger charge is 2.27. The number of carbonyl (C=O) groups is 1. The maximum Gasteiger partial charge on any atom is 0.267 e. The maximum atomic E-state index is 11.1. The summed E-state index contributed by atoms with van der Waals surface area (Å²) in [4.78, 5) is 13.6. The average molecular weight is 411 g/mol. The fourth-order valence-electron chi connectivity index (χ4n) is 4.02. The van der Waals surface area contributed by atoms with Crippen molar-refractivity contribution in [1.82, 2.24) is 20.0 Å². The third-order valence-corrected chi connectivity index (χ3v) is 5.79. The second-order valence-electron chi connectivity index (χ2n) is 7.23. The van der Waals surface area contributed by atoms with Crippen LogP contribution < -0.4 is 5.48 Å². The second-order valence-corrected chi connectivity index (χ2v) is 7.64. The van der Waals surface area contributed by atoms with E-state index in [-0.39, 0.29) is 0 Å².